The number of anilines is 1. The first-order chi connectivity index (χ1) is 13.6. The van der Waals surface area contributed by atoms with Crippen LogP contribution in [0.4, 0.5) is 18.9 Å². The molecule has 0 saturated carbocycles. The van der Waals surface area contributed by atoms with Crippen molar-refractivity contribution in [3.05, 3.63) is 59.7 Å². The molecular formula is C19H21F3N2O4S. The van der Waals surface area contributed by atoms with E-state index in [0.29, 0.717) is 6.07 Å². The topological polar surface area (TPSA) is 86.7 Å². The third-order valence-corrected chi connectivity index (χ3v) is 5.87. The van der Waals surface area contributed by atoms with Gasteiger partial charge in [0, 0.05) is 19.5 Å². The summed E-state index contributed by atoms with van der Waals surface area (Å²) in [5.74, 6) is -0.490. The molecule has 6 nitrogen and oxygen atoms in total. The second-order valence-electron chi connectivity index (χ2n) is 6.26. The Morgan fingerprint density at radius 3 is 2.38 bits per heavy atom. The highest BCUT2D eigenvalue weighted by atomic mass is 32.2. The van der Waals surface area contributed by atoms with Crippen LogP contribution in [-0.2, 0) is 21.0 Å². The van der Waals surface area contributed by atoms with Crippen LogP contribution in [0.25, 0.3) is 0 Å². The summed E-state index contributed by atoms with van der Waals surface area (Å²) in [4.78, 5) is 11.3. The van der Waals surface area contributed by atoms with E-state index in [1.807, 2.05) is 0 Å². The quantitative estimate of drug-likeness (QED) is 0.674. The number of halogens is 3. The Morgan fingerprint density at radius 1 is 1.14 bits per heavy atom. The molecule has 0 aromatic heterocycles. The number of benzene rings is 2. The van der Waals surface area contributed by atoms with Gasteiger partial charge >= 0.3 is 6.18 Å². The van der Waals surface area contributed by atoms with E-state index in [2.05, 4.69) is 5.32 Å². The summed E-state index contributed by atoms with van der Waals surface area (Å²) < 4.78 is 66.2. The van der Waals surface area contributed by atoms with Gasteiger partial charge < -0.3 is 10.4 Å². The zero-order valence-electron chi connectivity index (χ0n) is 15.6. The van der Waals surface area contributed by atoms with Crippen molar-refractivity contribution in [2.45, 2.75) is 24.4 Å². The molecule has 0 fully saturated rings. The molecular weight excluding hydrogens is 409 g/mol. The Morgan fingerprint density at radius 2 is 1.79 bits per heavy atom. The van der Waals surface area contributed by atoms with E-state index in [1.165, 1.54) is 12.1 Å². The number of aliphatic hydroxyl groups excluding tert-OH is 1. The molecule has 2 rings (SSSR count). The Bertz CT molecular complexity index is 945. The summed E-state index contributed by atoms with van der Waals surface area (Å²) in [5.41, 5.74) is 0.0111. The van der Waals surface area contributed by atoms with E-state index in [4.69, 9.17) is 5.11 Å². The molecule has 0 bridgehead atoms. The average molecular weight is 430 g/mol. The van der Waals surface area contributed by atoms with Crippen molar-refractivity contribution in [3.63, 3.8) is 0 Å². The molecule has 0 saturated heterocycles. The van der Waals surface area contributed by atoms with Crippen molar-refractivity contribution >= 4 is 21.6 Å². The van der Waals surface area contributed by atoms with Crippen molar-refractivity contribution in [2.24, 2.45) is 0 Å². The van der Waals surface area contributed by atoms with E-state index in [-0.39, 0.29) is 31.8 Å². The fourth-order valence-electron chi connectivity index (χ4n) is 2.55. The predicted molar refractivity (Wildman–Crippen MR) is 102 cm³/mol. The lowest BCUT2D eigenvalue weighted by atomic mass is 10.2. The number of carbonyl (C=O) groups is 1. The van der Waals surface area contributed by atoms with Crippen LogP contribution in [0.3, 0.4) is 0 Å². The first-order valence-electron chi connectivity index (χ1n) is 8.70. The molecule has 0 radical (unpaired) electrons. The fourth-order valence-corrected chi connectivity index (χ4v) is 4.06. The molecule has 2 aromatic carbocycles. The average Bonchev–Trinajstić information content (AvgIpc) is 2.67. The molecule has 0 aliphatic carbocycles. The van der Waals surface area contributed by atoms with Gasteiger partial charge in [0.15, 0.2) is 0 Å². The molecule has 10 heteroatoms. The van der Waals surface area contributed by atoms with E-state index in [9.17, 15) is 26.4 Å². The van der Waals surface area contributed by atoms with Gasteiger partial charge in [0.2, 0.25) is 5.91 Å². The number of amides is 1. The van der Waals surface area contributed by atoms with Crippen molar-refractivity contribution in [1.82, 2.24) is 5.32 Å². The molecule has 0 aliphatic heterocycles. The summed E-state index contributed by atoms with van der Waals surface area (Å²) in [5, 5.41) is 11.2. The molecule has 0 spiro atoms. The zero-order chi connectivity index (χ0) is 21.7. The number of sulfonamides is 1. The van der Waals surface area contributed by atoms with Crippen LogP contribution in [0.1, 0.15) is 17.5 Å². The highest BCUT2D eigenvalue weighted by Gasteiger charge is 2.33. The van der Waals surface area contributed by atoms with Crippen LogP contribution < -0.4 is 9.62 Å². The molecule has 0 atom stereocenters. The van der Waals surface area contributed by atoms with Gasteiger partial charge in [-0.25, -0.2) is 8.42 Å². The summed E-state index contributed by atoms with van der Waals surface area (Å²) in [7, 11) is -4.36. The maximum Gasteiger partial charge on any atom is 0.416 e. The lowest BCUT2D eigenvalue weighted by Crippen LogP contribution is -2.36. The molecule has 2 N–H and O–H groups in total. The lowest BCUT2D eigenvalue weighted by molar-refractivity contribution is -0.137. The van der Waals surface area contributed by atoms with Crippen molar-refractivity contribution < 1.29 is 31.5 Å². The fraction of sp³-hybridized carbons (Fsp3) is 0.316. The van der Waals surface area contributed by atoms with Crippen LogP contribution >= 0.6 is 0 Å². The number of nitrogens with zero attached hydrogens (tertiary/aromatic N) is 1. The van der Waals surface area contributed by atoms with Crippen LogP contribution in [-0.4, -0.2) is 39.1 Å². The molecule has 29 heavy (non-hydrogen) atoms. The Labute approximate surface area is 167 Å². The maximum atomic E-state index is 13.1. The Kier molecular flexibility index (Phi) is 7.26. The molecule has 0 aliphatic rings. The number of nitrogens with one attached hydrogen (secondary N) is 1. The zero-order valence-corrected chi connectivity index (χ0v) is 16.4. The van der Waals surface area contributed by atoms with Crippen LogP contribution in [0, 0.1) is 6.92 Å². The van der Waals surface area contributed by atoms with E-state index in [1.54, 1.807) is 19.1 Å². The number of alkyl halides is 3. The summed E-state index contributed by atoms with van der Waals surface area (Å²) in [6.45, 7) is 1.27. The minimum atomic E-state index is -4.69. The van der Waals surface area contributed by atoms with Gasteiger partial charge in [-0.2, -0.15) is 13.2 Å². The van der Waals surface area contributed by atoms with Gasteiger partial charge in [0.25, 0.3) is 10.0 Å². The van der Waals surface area contributed by atoms with Crippen molar-refractivity contribution in [3.8, 4) is 0 Å². The standard InChI is InChI=1S/C19H21F3N2O4S/c1-14-5-7-16(8-6-14)24(11-9-18(26)23-10-12-25)29(27,28)17-4-2-3-15(13-17)19(20,21)22/h2-8,13,25H,9-12H2,1H3,(H,23,26). The molecule has 158 valence electrons. The first-order valence-corrected chi connectivity index (χ1v) is 10.1. The number of aliphatic hydroxyl groups is 1. The monoisotopic (exact) mass is 430 g/mol. The largest absolute Gasteiger partial charge is 0.416 e. The second kappa shape index (κ2) is 9.27. The van der Waals surface area contributed by atoms with Gasteiger partial charge in [-0.15, -0.1) is 0 Å². The number of carbonyl (C=O) groups excluding carboxylic acids is 1. The van der Waals surface area contributed by atoms with E-state index < -0.39 is 32.6 Å². The molecule has 2 aromatic rings. The number of rotatable bonds is 8. The van der Waals surface area contributed by atoms with Crippen LogP contribution in [0.2, 0.25) is 0 Å². The maximum absolute atomic E-state index is 13.1. The normalized spacial score (nSPS) is 11.9. The van der Waals surface area contributed by atoms with E-state index >= 15 is 0 Å². The molecule has 0 heterocycles. The number of hydrogen-bond donors (Lipinski definition) is 2. The number of hydrogen-bond acceptors (Lipinski definition) is 4. The molecule has 1 amide bonds. The highest BCUT2D eigenvalue weighted by molar-refractivity contribution is 7.92. The SMILES string of the molecule is Cc1ccc(N(CCC(=O)NCCO)S(=O)(=O)c2cccc(C(F)(F)F)c2)cc1. The third kappa shape index (κ3) is 5.94. The Balaban J connectivity index is 2.41. The third-order valence-electron chi connectivity index (χ3n) is 4.05. The lowest BCUT2D eigenvalue weighted by Gasteiger charge is -2.25. The predicted octanol–water partition coefficient (Wildman–Crippen LogP) is 2.71. The summed E-state index contributed by atoms with van der Waals surface area (Å²) >= 11 is 0. The second-order valence-corrected chi connectivity index (χ2v) is 8.12. The van der Waals surface area contributed by atoms with Gasteiger partial charge in [0.05, 0.1) is 22.8 Å². The number of aryl methyl sites for hydroxylation is 1. The smallest absolute Gasteiger partial charge is 0.395 e. The van der Waals surface area contributed by atoms with E-state index in [0.717, 1.165) is 28.1 Å². The Hall–Kier alpha value is -2.59. The minimum absolute atomic E-state index is 0.0176. The first kappa shape index (κ1) is 22.7. The van der Waals surface area contributed by atoms with Crippen molar-refractivity contribution in [2.75, 3.05) is 24.0 Å². The minimum Gasteiger partial charge on any atom is -0.395 e. The summed E-state index contributed by atoms with van der Waals surface area (Å²) in [6.07, 6.45) is -4.92. The highest BCUT2D eigenvalue weighted by Crippen LogP contribution is 2.32. The summed E-state index contributed by atoms with van der Waals surface area (Å²) in [6, 6.07) is 9.83. The van der Waals surface area contributed by atoms with Gasteiger partial charge in [-0.3, -0.25) is 9.10 Å². The van der Waals surface area contributed by atoms with Gasteiger partial charge in [-0.05, 0) is 37.3 Å². The van der Waals surface area contributed by atoms with Crippen LogP contribution in [0.5, 0.6) is 0 Å². The van der Waals surface area contributed by atoms with Gasteiger partial charge in [0.1, 0.15) is 0 Å². The molecule has 0 unspecified atom stereocenters. The van der Waals surface area contributed by atoms with Crippen LogP contribution in [0.15, 0.2) is 53.4 Å². The van der Waals surface area contributed by atoms with Crippen molar-refractivity contribution in [1.29, 1.82) is 0 Å². The van der Waals surface area contributed by atoms with Gasteiger partial charge in [-0.1, -0.05) is 23.8 Å².